The second-order valence-corrected chi connectivity index (χ2v) is 13.7. The Morgan fingerprint density at radius 3 is 2.25 bits per heavy atom. The fraction of sp³-hybridized carbons (Fsp3) is 0. The molecule has 4 heteroatoms. The van der Waals surface area contributed by atoms with Crippen molar-refractivity contribution in [1.29, 1.82) is 0 Å². The van der Waals surface area contributed by atoms with E-state index in [9.17, 15) is 0 Å². The number of hydrogen-bond acceptors (Lipinski definition) is 3. The molecule has 1 N–H and O–H groups in total. The van der Waals surface area contributed by atoms with E-state index in [1.165, 1.54) is 58.8 Å². The average molecular weight is 628 g/mol. The van der Waals surface area contributed by atoms with Gasteiger partial charge in [0.25, 0.3) is 0 Å². The molecule has 11 rings (SSSR count). The Hall–Kier alpha value is -6.10. The van der Waals surface area contributed by atoms with E-state index in [1.807, 2.05) is 11.3 Å². The maximum atomic E-state index is 5.28. The monoisotopic (exact) mass is 627 g/mol. The van der Waals surface area contributed by atoms with Crippen LogP contribution in [0.15, 0.2) is 156 Å². The summed E-state index contributed by atoms with van der Waals surface area (Å²) in [5, 5.41) is 8.02. The minimum Gasteiger partial charge on any atom is -0.354 e. The number of rotatable bonds is 3. The number of hydrogen-bond donors (Lipinski definition) is 1. The maximum Gasteiger partial charge on any atom is 0.0817 e. The summed E-state index contributed by atoms with van der Waals surface area (Å²) >= 11 is 1.85. The predicted octanol–water partition coefficient (Wildman–Crippen LogP) is 11.0. The zero-order valence-corrected chi connectivity index (χ0v) is 26.5. The number of nitrogens with zero attached hydrogens (tertiary/aromatic N) is 2. The molecule has 2 aromatic heterocycles. The van der Waals surface area contributed by atoms with Crippen LogP contribution in [0.3, 0.4) is 0 Å². The van der Waals surface area contributed by atoms with Gasteiger partial charge in [-0.3, -0.25) is 0 Å². The highest BCUT2D eigenvalue weighted by Crippen LogP contribution is 2.54. The third kappa shape index (κ3) is 3.58. The topological polar surface area (TPSA) is 40.5 Å². The zero-order valence-electron chi connectivity index (χ0n) is 25.7. The van der Waals surface area contributed by atoms with Gasteiger partial charge in [-0.1, -0.05) is 103 Å². The number of aromatic nitrogens is 1. The summed E-state index contributed by atoms with van der Waals surface area (Å²) in [5.41, 5.74) is 12.5. The van der Waals surface area contributed by atoms with Crippen molar-refractivity contribution in [3.63, 3.8) is 0 Å². The molecule has 0 radical (unpaired) electrons. The molecule has 3 nitrogen and oxygen atoms in total. The van der Waals surface area contributed by atoms with Gasteiger partial charge in [-0.05, 0) is 59.0 Å². The van der Waals surface area contributed by atoms with Crippen LogP contribution in [0, 0.1) is 10.4 Å². The van der Waals surface area contributed by atoms with Crippen LogP contribution in [0.25, 0.3) is 75.7 Å². The van der Waals surface area contributed by atoms with Gasteiger partial charge in [0.05, 0.1) is 27.6 Å². The largest absolute Gasteiger partial charge is 0.354 e. The lowest BCUT2D eigenvalue weighted by Crippen LogP contribution is -2.02. The first-order valence-corrected chi connectivity index (χ1v) is 17.1. The number of aromatic amines is 1. The Kier molecular flexibility index (Phi) is 5.26. The van der Waals surface area contributed by atoms with Gasteiger partial charge in [-0.25, -0.2) is 9.98 Å². The highest BCUT2D eigenvalue weighted by Gasteiger charge is 2.30. The lowest BCUT2D eigenvalue weighted by atomic mass is 9.84. The molecule has 0 saturated heterocycles. The molecule has 0 fully saturated rings. The van der Waals surface area contributed by atoms with Crippen molar-refractivity contribution in [2.45, 2.75) is 0 Å². The SMILES string of the molecule is c1ccc(-c2ccc3c([nH]c4ccccc43)c2-c2c(-c3cc4ccccc4s3)ccc3c2-c2c4c(ccc2=N3)=c2ccccc2=N4)cc1. The fourth-order valence-electron chi connectivity index (χ4n) is 7.86. The molecule has 222 valence electrons. The molecule has 0 atom stereocenters. The first kappa shape index (κ1) is 26.0. The number of nitrogens with one attached hydrogen (secondary N) is 1. The van der Waals surface area contributed by atoms with Gasteiger partial charge in [0, 0.05) is 64.1 Å². The van der Waals surface area contributed by atoms with Gasteiger partial charge < -0.3 is 4.98 Å². The zero-order chi connectivity index (χ0) is 31.3. The van der Waals surface area contributed by atoms with Gasteiger partial charge in [0.1, 0.15) is 0 Å². The molecule has 0 unspecified atom stereocenters. The van der Waals surface area contributed by atoms with E-state index >= 15 is 0 Å². The highest BCUT2D eigenvalue weighted by atomic mass is 32.1. The number of thiophene rings is 1. The van der Waals surface area contributed by atoms with E-state index in [2.05, 4.69) is 151 Å². The first-order valence-electron chi connectivity index (χ1n) is 16.3. The first-order chi connectivity index (χ1) is 23.8. The Bertz CT molecular complexity index is 3030. The van der Waals surface area contributed by atoms with Crippen LogP contribution in [0.2, 0.25) is 0 Å². The lowest BCUT2D eigenvalue weighted by Gasteiger charge is -2.20. The van der Waals surface area contributed by atoms with Crippen molar-refractivity contribution >= 4 is 54.6 Å². The summed E-state index contributed by atoms with van der Waals surface area (Å²) in [4.78, 5) is 15.7. The van der Waals surface area contributed by atoms with E-state index in [0.717, 1.165) is 49.5 Å². The Morgan fingerprint density at radius 1 is 0.500 bits per heavy atom. The van der Waals surface area contributed by atoms with Gasteiger partial charge in [0.2, 0.25) is 0 Å². The molecule has 2 aliphatic rings. The van der Waals surface area contributed by atoms with Crippen LogP contribution in [0.1, 0.15) is 0 Å². The molecule has 0 spiro atoms. The molecule has 0 saturated carbocycles. The minimum absolute atomic E-state index is 0.972. The number of para-hydroxylation sites is 2. The van der Waals surface area contributed by atoms with Crippen LogP contribution < -0.4 is 10.7 Å². The summed E-state index contributed by atoms with van der Waals surface area (Å²) in [6.07, 6.45) is 0. The smallest absolute Gasteiger partial charge is 0.0817 e. The molecule has 48 heavy (non-hydrogen) atoms. The van der Waals surface area contributed by atoms with Gasteiger partial charge in [0.15, 0.2) is 0 Å². The predicted molar refractivity (Wildman–Crippen MR) is 199 cm³/mol. The summed E-state index contributed by atoms with van der Waals surface area (Å²) in [6, 6.07) is 52.4. The van der Waals surface area contributed by atoms with Crippen LogP contribution in [-0.4, -0.2) is 4.98 Å². The Labute approximate surface area is 279 Å². The number of H-pyrrole nitrogens is 1. The molecule has 9 aromatic rings. The number of benzene rings is 7. The van der Waals surface area contributed by atoms with Crippen LogP contribution in [0.4, 0.5) is 11.4 Å². The molecule has 0 amide bonds. The third-order valence-electron chi connectivity index (χ3n) is 9.96. The van der Waals surface area contributed by atoms with Crippen molar-refractivity contribution in [2.24, 2.45) is 9.98 Å². The minimum atomic E-state index is 0.972. The maximum absolute atomic E-state index is 5.28. The van der Waals surface area contributed by atoms with E-state index in [4.69, 9.17) is 9.98 Å². The van der Waals surface area contributed by atoms with Crippen LogP contribution in [-0.2, 0) is 0 Å². The van der Waals surface area contributed by atoms with E-state index < -0.39 is 0 Å². The van der Waals surface area contributed by atoms with E-state index in [0.29, 0.717) is 0 Å². The van der Waals surface area contributed by atoms with Crippen LogP contribution >= 0.6 is 11.3 Å². The Balaban J connectivity index is 1.35. The quantitative estimate of drug-likeness (QED) is 0.202. The third-order valence-corrected chi connectivity index (χ3v) is 11.1. The lowest BCUT2D eigenvalue weighted by molar-refractivity contribution is 1.36. The van der Waals surface area contributed by atoms with Gasteiger partial charge >= 0.3 is 0 Å². The molecule has 4 heterocycles. The molecule has 2 aliphatic heterocycles. The second-order valence-electron chi connectivity index (χ2n) is 12.6. The second kappa shape index (κ2) is 9.71. The fourth-order valence-corrected chi connectivity index (χ4v) is 8.95. The van der Waals surface area contributed by atoms with Crippen molar-refractivity contribution in [1.82, 2.24) is 4.98 Å². The van der Waals surface area contributed by atoms with E-state index in [1.54, 1.807) is 0 Å². The molecule has 0 aliphatic carbocycles. The molecular formula is C44H25N3S. The summed E-state index contributed by atoms with van der Waals surface area (Å²) < 4.78 is 1.28. The van der Waals surface area contributed by atoms with E-state index in [-0.39, 0.29) is 0 Å². The Morgan fingerprint density at radius 2 is 1.31 bits per heavy atom. The molecule has 7 aromatic carbocycles. The van der Waals surface area contributed by atoms with Crippen molar-refractivity contribution in [2.75, 3.05) is 0 Å². The van der Waals surface area contributed by atoms with Crippen molar-refractivity contribution in [3.8, 4) is 43.8 Å². The highest BCUT2D eigenvalue weighted by molar-refractivity contribution is 7.22. The summed E-state index contributed by atoms with van der Waals surface area (Å²) in [6.45, 7) is 0. The number of fused-ring (bicyclic) bond motifs is 10. The van der Waals surface area contributed by atoms with Gasteiger partial charge in [-0.15, -0.1) is 11.3 Å². The van der Waals surface area contributed by atoms with Gasteiger partial charge in [-0.2, -0.15) is 0 Å². The average Bonchev–Trinajstić information content (AvgIpc) is 3.92. The summed E-state index contributed by atoms with van der Waals surface area (Å²) in [7, 11) is 0. The normalized spacial score (nSPS) is 12.5. The molecular weight excluding hydrogens is 603 g/mol. The summed E-state index contributed by atoms with van der Waals surface area (Å²) in [5.74, 6) is 0. The van der Waals surface area contributed by atoms with Crippen molar-refractivity contribution in [3.05, 3.63) is 167 Å². The van der Waals surface area contributed by atoms with Crippen LogP contribution in [0.5, 0.6) is 0 Å². The van der Waals surface area contributed by atoms with Crippen molar-refractivity contribution < 1.29 is 0 Å². The molecule has 0 bridgehead atoms. The standard InChI is InChI=1S/C44H25N3S/c1-2-10-25(11-3-1)27-18-19-30-28-13-5-7-15-33(28)46-43(30)40(27)39-32(38-24-26-12-4-9-17-37(26)48-38)21-23-35-41(39)42-36(45-35)22-20-31-29-14-6-8-16-34(29)47-44(31)42/h1-24,46H.